The van der Waals surface area contributed by atoms with Crippen LogP contribution in [0.5, 0.6) is 0 Å². The highest BCUT2D eigenvalue weighted by Gasteiger charge is 2.03. The standard InChI is InChI=1S/C20H20Cl2N4O2/c21-17-9-5-15(6-10-17)13-23-25-19(27)3-1-2-4-20(28)26-24-14-16-7-11-18(22)12-8-16/h5-14H,1-4H2,(H,25,27)(H,26,28)/b23-13+,24-14+. The number of nitrogens with one attached hydrogen (secondary N) is 2. The number of unbranched alkanes of at least 4 members (excludes halogenated alkanes) is 1. The van der Waals surface area contributed by atoms with E-state index in [0.29, 0.717) is 35.7 Å². The quantitative estimate of drug-likeness (QED) is 0.364. The van der Waals surface area contributed by atoms with Gasteiger partial charge in [0.15, 0.2) is 0 Å². The van der Waals surface area contributed by atoms with E-state index in [4.69, 9.17) is 23.2 Å². The van der Waals surface area contributed by atoms with E-state index in [1.54, 1.807) is 61.0 Å². The summed E-state index contributed by atoms with van der Waals surface area (Å²) in [4.78, 5) is 23.4. The molecule has 0 unspecified atom stereocenters. The molecular weight excluding hydrogens is 399 g/mol. The van der Waals surface area contributed by atoms with Gasteiger partial charge in [-0.25, -0.2) is 10.9 Å². The van der Waals surface area contributed by atoms with E-state index in [-0.39, 0.29) is 11.8 Å². The second-order valence-corrected chi connectivity index (χ2v) is 6.77. The largest absolute Gasteiger partial charge is 0.273 e. The number of rotatable bonds is 9. The van der Waals surface area contributed by atoms with Crippen LogP contribution in [0.3, 0.4) is 0 Å². The molecule has 2 aromatic carbocycles. The Morgan fingerprint density at radius 1 is 0.714 bits per heavy atom. The molecule has 0 saturated carbocycles. The van der Waals surface area contributed by atoms with E-state index in [2.05, 4.69) is 21.1 Å². The third kappa shape index (κ3) is 8.79. The Bertz CT molecular complexity index is 763. The van der Waals surface area contributed by atoms with Gasteiger partial charge in [0.05, 0.1) is 12.4 Å². The van der Waals surface area contributed by atoms with Crippen LogP contribution in [-0.4, -0.2) is 24.2 Å². The summed E-state index contributed by atoms with van der Waals surface area (Å²) in [6.07, 6.45) is 4.83. The molecule has 0 aromatic heterocycles. The van der Waals surface area contributed by atoms with Gasteiger partial charge in [-0.15, -0.1) is 0 Å². The zero-order valence-electron chi connectivity index (χ0n) is 15.1. The van der Waals surface area contributed by atoms with E-state index in [0.717, 1.165) is 11.1 Å². The minimum Gasteiger partial charge on any atom is -0.273 e. The summed E-state index contributed by atoms with van der Waals surface area (Å²) in [6.45, 7) is 0. The van der Waals surface area contributed by atoms with Crippen molar-refractivity contribution in [2.75, 3.05) is 0 Å². The Balaban J connectivity index is 1.57. The van der Waals surface area contributed by atoms with Crippen LogP contribution in [0, 0.1) is 0 Å². The third-order valence-corrected chi connectivity index (χ3v) is 4.11. The molecular formula is C20H20Cl2N4O2. The average Bonchev–Trinajstić information content (AvgIpc) is 2.68. The van der Waals surface area contributed by atoms with Gasteiger partial charge in [-0.2, -0.15) is 10.2 Å². The molecule has 2 rings (SSSR count). The molecule has 6 nitrogen and oxygen atoms in total. The van der Waals surface area contributed by atoms with E-state index in [1.807, 2.05) is 0 Å². The molecule has 2 amide bonds. The van der Waals surface area contributed by atoms with Crippen LogP contribution in [0.15, 0.2) is 58.7 Å². The first-order valence-electron chi connectivity index (χ1n) is 8.68. The molecule has 0 aliphatic carbocycles. The van der Waals surface area contributed by atoms with E-state index in [9.17, 15) is 9.59 Å². The normalized spacial score (nSPS) is 11.1. The van der Waals surface area contributed by atoms with Gasteiger partial charge in [0, 0.05) is 22.9 Å². The van der Waals surface area contributed by atoms with Gasteiger partial charge in [0.25, 0.3) is 0 Å². The average molecular weight is 419 g/mol. The Labute approximate surface area is 173 Å². The molecule has 2 aromatic rings. The van der Waals surface area contributed by atoms with E-state index < -0.39 is 0 Å². The first-order valence-corrected chi connectivity index (χ1v) is 9.43. The van der Waals surface area contributed by atoms with Crippen molar-refractivity contribution in [3.05, 3.63) is 69.7 Å². The van der Waals surface area contributed by atoms with Crippen molar-refractivity contribution in [2.24, 2.45) is 10.2 Å². The zero-order valence-corrected chi connectivity index (χ0v) is 16.6. The van der Waals surface area contributed by atoms with Gasteiger partial charge in [-0.05, 0) is 48.2 Å². The molecule has 0 aliphatic rings. The molecule has 0 aliphatic heterocycles. The number of nitrogens with zero attached hydrogens (tertiary/aromatic N) is 2. The van der Waals surface area contributed by atoms with E-state index >= 15 is 0 Å². The molecule has 0 heterocycles. The van der Waals surface area contributed by atoms with Crippen molar-refractivity contribution in [2.45, 2.75) is 25.7 Å². The van der Waals surface area contributed by atoms with Crippen molar-refractivity contribution in [1.82, 2.24) is 10.9 Å². The SMILES string of the molecule is O=C(CCCCC(=O)N/N=C/c1ccc(Cl)cc1)N/N=C/c1ccc(Cl)cc1. The molecule has 28 heavy (non-hydrogen) atoms. The van der Waals surface area contributed by atoms with Crippen LogP contribution >= 0.6 is 23.2 Å². The predicted octanol–water partition coefficient (Wildman–Crippen LogP) is 4.15. The number of halogens is 2. The van der Waals surface area contributed by atoms with Crippen LogP contribution in [0.4, 0.5) is 0 Å². The topological polar surface area (TPSA) is 82.9 Å². The molecule has 0 radical (unpaired) electrons. The summed E-state index contributed by atoms with van der Waals surface area (Å²) < 4.78 is 0. The highest BCUT2D eigenvalue weighted by atomic mass is 35.5. The lowest BCUT2D eigenvalue weighted by Gasteiger charge is -2.01. The van der Waals surface area contributed by atoms with Crippen molar-refractivity contribution in [3.63, 3.8) is 0 Å². The minimum atomic E-state index is -0.202. The Morgan fingerprint density at radius 2 is 1.07 bits per heavy atom. The number of hydrogen-bond acceptors (Lipinski definition) is 4. The monoisotopic (exact) mass is 418 g/mol. The maximum atomic E-state index is 11.7. The van der Waals surface area contributed by atoms with Crippen molar-refractivity contribution in [3.8, 4) is 0 Å². The van der Waals surface area contributed by atoms with Crippen LogP contribution < -0.4 is 10.9 Å². The molecule has 2 N–H and O–H groups in total. The summed E-state index contributed by atoms with van der Waals surface area (Å²) in [5, 5.41) is 9.05. The summed E-state index contributed by atoms with van der Waals surface area (Å²) >= 11 is 11.6. The van der Waals surface area contributed by atoms with Crippen LogP contribution in [0.2, 0.25) is 10.0 Å². The third-order valence-electron chi connectivity index (χ3n) is 3.60. The highest BCUT2D eigenvalue weighted by molar-refractivity contribution is 6.30. The Kier molecular flexibility index (Phi) is 9.18. The van der Waals surface area contributed by atoms with Crippen LogP contribution in [0.25, 0.3) is 0 Å². The number of carbonyl (C=O) groups excluding carboxylic acids is 2. The van der Waals surface area contributed by atoms with Gasteiger partial charge in [-0.1, -0.05) is 47.5 Å². The number of benzene rings is 2. The highest BCUT2D eigenvalue weighted by Crippen LogP contribution is 2.08. The molecule has 0 atom stereocenters. The second kappa shape index (κ2) is 11.9. The fourth-order valence-electron chi connectivity index (χ4n) is 2.14. The van der Waals surface area contributed by atoms with Crippen molar-refractivity contribution in [1.29, 1.82) is 0 Å². The maximum Gasteiger partial charge on any atom is 0.240 e. The molecule has 0 saturated heterocycles. The lowest BCUT2D eigenvalue weighted by Crippen LogP contribution is -2.19. The number of amides is 2. The van der Waals surface area contributed by atoms with Crippen molar-refractivity contribution < 1.29 is 9.59 Å². The second-order valence-electron chi connectivity index (χ2n) is 5.90. The smallest absolute Gasteiger partial charge is 0.240 e. The lowest BCUT2D eigenvalue weighted by atomic mass is 10.2. The number of hydrazone groups is 2. The fourth-order valence-corrected chi connectivity index (χ4v) is 2.39. The summed E-state index contributed by atoms with van der Waals surface area (Å²) in [7, 11) is 0. The Hall–Kier alpha value is -2.70. The molecule has 146 valence electrons. The summed E-state index contributed by atoms with van der Waals surface area (Å²) in [5.41, 5.74) is 6.58. The minimum absolute atomic E-state index is 0.202. The van der Waals surface area contributed by atoms with Crippen molar-refractivity contribution >= 4 is 47.4 Å². The number of carbonyl (C=O) groups is 2. The first-order chi connectivity index (χ1) is 13.5. The maximum absolute atomic E-state index is 11.7. The predicted molar refractivity (Wildman–Crippen MR) is 113 cm³/mol. The number of hydrogen-bond donors (Lipinski definition) is 2. The lowest BCUT2D eigenvalue weighted by molar-refractivity contribution is -0.123. The van der Waals surface area contributed by atoms with Gasteiger partial charge in [0.2, 0.25) is 11.8 Å². The van der Waals surface area contributed by atoms with E-state index in [1.165, 1.54) is 0 Å². The first kappa shape index (κ1) is 21.6. The molecule has 0 spiro atoms. The van der Waals surface area contributed by atoms with Gasteiger partial charge >= 0.3 is 0 Å². The van der Waals surface area contributed by atoms with Gasteiger partial charge in [-0.3, -0.25) is 9.59 Å². The fraction of sp³-hybridized carbons (Fsp3) is 0.200. The molecule has 0 bridgehead atoms. The van der Waals surface area contributed by atoms with Crippen LogP contribution in [0.1, 0.15) is 36.8 Å². The summed E-state index contributed by atoms with van der Waals surface area (Å²) in [6, 6.07) is 14.2. The molecule has 8 heteroatoms. The van der Waals surface area contributed by atoms with Gasteiger partial charge < -0.3 is 0 Å². The Morgan fingerprint density at radius 3 is 1.43 bits per heavy atom. The van der Waals surface area contributed by atoms with Gasteiger partial charge in [0.1, 0.15) is 0 Å². The molecule has 0 fully saturated rings. The van der Waals surface area contributed by atoms with Crippen LogP contribution in [-0.2, 0) is 9.59 Å². The zero-order chi connectivity index (χ0) is 20.2. The summed E-state index contributed by atoms with van der Waals surface area (Å²) in [5.74, 6) is -0.405.